The highest BCUT2D eigenvalue weighted by Gasteiger charge is 2.49. The predicted octanol–water partition coefficient (Wildman–Crippen LogP) is 0.981. The maximum Gasteiger partial charge on any atom is 0.247 e. The van der Waals surface area contributed by atoms with E-state index in [2.05, 4.69) is 10.6 Å². The molecular formula is C13H15F2N3O. The molecule has 0 aliphatic carbocycles. The number of carbonyl (C=O) groups is 1. The fourth-order valence-electron chi connectivity index (χ4n) is 2.92. The van der Waals surface area contributed by atoms with Crippen molar-refractivity contribution >= 4 is 11.6 Å². The van der Waals surface area contributed by atoms with E-state index in [1.165, 1.54) is 6.07 Å². The topological polar surface area (TPSA) is 44.4 Å². The summed E-state index contributed by atoms with van der Waals surface area (Å²) in [5.41, 5.74) is -0.0886. The third-order valence-electron chi connectivity index (χ3n) is 3.98. The molecule has 1 aromatic carbocycles. The number of anilines is 1. The van der Waals surface area contributed by atoms with Crippen molar-refractivity contribution in [1.29, 1.82) is 0 Å². The lowest BCUT2D eigenvalue weighted by molar-refractivity contribution is -0.124. The van der Waals surface area contributed by atoms with Crippen LogP contribution in [0.15, 0.2) is 18.2 Å². The number of nitrogens with zero attached hydrogens (tertiary/aromatic N) is 1. The van der Waals surface area contributed by atoms with Crippen molar-refractivity contribution in [2.24, 2.45) is 0 Å². The van der Waals surface area contributed by atoms with Gasteiger partial charge in [-0.2, -0.15) is 0 Å². The zero-order valence-electron chi connectivity index (χ0n) is 10.4. The highest BCUT2D eigenvalue weighted by Crippen LogP contribution is 2.34. The molecule has 6 heteroatoms. The molecule has 4 nitrogen and oxygen atoms in total. The summed E-state index contributed by atoms with van der Waals surface area (Å²) in [7, 11) is 0. The average molecular weight is 267 g/mol. The Morgan fingerprint density at radius 1 is 1.16 bits per heavy atom. The third-order valence-corrected chi connectivity index (χ3v) is 3.98. The fourth-order valence-corrected chi connectivity index (χ4v) is 2.92. The number of halogens is 2. The molecule has 1 spiro atoms. The van der Waals surface area contributed by atoms with E-state index in [9.17, 15) is 13.6 Å². The van der Waals surface area contributed by atoms with Crippen LogP contribution in [0.1, 0.15) is 12.8 Å². The number of rotatable bonds is 1. The summed E-state index contributed by atoms with van der Waals surface area (Å²) in [4.78, 5) is 14.0. The van der Waals surface area contributed by atoms with Crippen LogP contribution < -0.4 is 15.5 Å². The largest absolute Gasteiger partial charge is 0.339 e. The van der Waals surface area contributed by atoms with Gasteiger partial charge in [0.1, 0.15) is 5.54 Å². The maximum atomic E-state index is 13.4. The first kappa shape index (κ1) is 12.3. The van der Waals surface area contributed by atoms with Crippen molar-refractivity contribution in [3.63, 3.8) is 0 Å². The number of piperidine rings is 1. The summed E-state index contributed by atoms with van der Waals surface area (Å²) >= 11 is 0. The Morgan fingerprint density at radius 2 is 1.89 bits per heavy atom. The monoisotopic (exact) mass is 267 g/mol. The minimum absolute atomic E-state index is 0.0290. The van der Waals surface area contributed by atoms with E-state index in [0.717, 1.165) is 25.2 Å². The van der Waals surface area contributed by atoms with Gasteiger partial charge in [0.15, 0.2) is 11.6 Å². The number of benzene rings is 1. The average Bonchev–Trinajstić information content (AvgIpc) is 2.72. The molecule has 0 atom stereocenters. The molecule has 0 saturated carbocycles. The SMILES string of the molecule is O=C1NCN(c2ccc(F)c(F)c2)C12CCNCC2. The van der Waals surface area contributed by atoms with Crippen molar-refractivity contribution < 1.29 is 13.6 Å². The van der Waals surface area contributed by atoms with E-state index < -0.39 is 17.2 Å². The van der Waals surface area contributed by atoms with Gasteiger partial charge in [0, 0.05) is 11.8 Å². The Morgan fingerprint density at radius 3 is 2.58 bits per heavy atom. The fraction of sp³-hybridized carbons (Fsp3) is 0.462. The molecule has 19 heavy (non-hydrogen) atoms. The van der Waals surface area contributed by atoms with Crippen LogP contribution in [0.3, 0.4) is 0 Å². The lowest BCUT2D eigenvalue weighted by Gasteiger charge is -2.40. The first-order chi connectivity index (χ1) is 9.13. The van der Waals surface area contributed by atoms with E-state index in [4.69, 9.17) is 0 Å². The molecule has 0 radical (unpaired) electrons. The summed E-state index contributed by atoms with van der Waals surface area (Å²) in [6.07, 6.45) is 1.33. The minimum atomic E-state index is -0.888. The molecule has 0 aromatic heterocycles. The van der Waals surface area contributed by atoms with Gasteiger partial charge >= 0.3 is 0 Å². The van der Waals surface area contributed by atoms with Crippen molar-refractivity contribution in [3.05, 3.63) is 29.8 Å². The number of hydrogen-bond donors (Lipinski definition) is 2. The first-order valence-corrected chi connectivity index (χ1v) is 6.35. The van der Waals surface area contributed by atoms with Gasteiger partial charge in [0.2, 0.25) is 5.91 Å². The van der Waals surface area contributed by atoms with Crippen LogP contribution in [0.5, 0.6) is 0 Å². The zero-order chi connectivity index (χ0) is 13.5. The quantitative estimate of drug-likeness (QED) is 0.797. The zero-order valence-corrected chi connectivity index (χ0v) is 10.4. The molecule has 2 aliphatic rings. The summed E-state index contributed by atoms with van der Waals surface area (Å²) < 4.78 is 26.4. The van der Waals surface area contributed by atoms with Crippen LogP contribution in [0.25, 0.3) is 0 Å². The molecular weight excluding hydrogens is 252 g/mol. The Bertz CT molecular complexity index is 515. The van der Waals surface area contributed by atoms with E-state index in [1.807, 2.05) is 4.90 Å². The van der Waals surface area contributed by atoms with Crippen molar-refractivity contribution in [2.75, 3.05) is 24.7 Å². The molecule has 0 unspecified atom stereocenters. The van der Waals surface area contributed by atoms with Gasteiger partial charge in [0.25, 0.3) is 0 Å². The van der Waals surface area contributed by atoms with Crippen molar-refractivity contribution in [1.82, 2.24) is 10.6 Å². The smallest absolute Gasteiger partial charge is 0.247 e. The standard InChI is InChI=1S/C13H15F2N3O/c14-10-2-1-9(7-11(10)15)18-8-17-12(19)13(18)3-5-16-6-4-13/h1-2,7,16H,3-6,8H2,(H,17,19). The van der Waals surface area contributed by atoms with Gasteiger partial charge in [0.05, 0.1) is 6.67 Å². The van der Waals surface area contributed by atoms with Crippen molar-refractivity contribution in [3.8, 4) is 0 Å². The van der Waals surface area contributed by atoms with E-state index in [0.29, 0.717) is 25.2 Å². The molecule has 0 bridgehead atoms. The summed E-state index contributed by atoms with van der Waals surface area (Å²) in [6, 6.07) is 3.77. The number of hydrogen-bond acceptors (Lipinski definition) is 3. The number of carbonyl (C=O) groups excluding carboxylic acids is 1. The van der Waals surface area contributed by atoms with E-state index in [-0.39, 0.29) is 5.91 Å². The molecule has 102 valence electrons. The summed E-state index contributed by atoms with van der Waals surface area (Å²) in [5.74, 6) is -1.79. The molecule has 1 amide bonds. The minimum Gasteiger partial charge on any atom is -0.339 e. The van der Waals surface area contributed by atoms with Gasteiger partial charge in [-0.3, -0.25) is 4.79 Å². The van der Waals surface area contributed by atoms with Crippen LogP contribution in [-0.2, 0) is 4.79 Å². The Labute approximate surface area is 109 Å². The Balaban J connectivity index is 1.98. The molecule has 3 rings (SSSR count). The van der Waals surface area contributed by atoms with Crippen LogP contribution in [0.4, 0.5) is 14.5 Å². The van der Waals surface area contributed by atoms with Crippen molar-refractivity contribution in [2.45, 2.75) is 18.4 Å². The molecule has 2 N–H and O–H groups in total. The maximum absolute atomic E-state index is 13.4. The lowest BCUT2D eigenvalue weighted by Crippen LogP contribution is -2.55. The van der Waals surface area contributed by atoms with Gasteiger partial charge < -0.3 is 15.5 Å². The van der Waals surface area contributed by atoms with Gasteiger partial charge in [-0.25, -0.2) is 8.78 Å². The lowest BCUT2D eigenvalue weighted by atomic mass is 9.86. The van der Waals surface area contributed by atoms with Gasteiger partial charge in [-0.15, -0.1) is 0 Å². The molecule has 2 saturated heterocycles. The summed E-state index contributed by atoms with van der Waals surface area (Å²) in [6.45, 7) is 1.82. The van der Waals surface area contributed by atoms with Gasteiger partial charge in [-0.05, 0) is 38.1 Å². The summed E-state index contributed by atoms with van der Waals surface area (Å²) in [5, 5.41) is 6.01. The van der Waals surface area contributed by atoms with Crippen LogP contribution in [0, 0.1) is 11.6 Å². The predicted molar refractivity (Wildman–Crippen MR) is 66.7 cm³/mol. The molecule has 1 aromatic rings. The highest BCUT2D eigenvalue weighted by molar-refractivity contribution is 5.93. The Kier molecular flexibility index (Phi) is 2.89. The molecule has 2 heterocycles. The second-order valence-corrected chi connectivity index (χ2v) is 4.97. The second kappa shape index (κ2) is 4.45. The first-order valence-electron chi connectivity index (χ1n) is 6.35. The Hall–Kier alpha value is -1.69. The van der Waals surface area contributed by atoms with Crippen LogP contribution in [0.2, 0.25) is 0 Å². The van der Waals surface area contributed by atoms with Crippen LogP contribution >= 0.6 is 0 Å². The van der Waals surface area contributed by atoms with E-state index >= 15 is 0 Å². The normalized spacial score (nSPS) is 21.8. The van der Waals surface area contributed by atoms with E-state index in [1.54, 1.807) is 0 Å². The molecule has 2 aliphatic heterocycles. The number of amides is 1. The van der Waals surface area contributed by atoms with Gasteiger partial charge in [-0.1, -0.05) is 0 Å². The van der Waals surface area contributed by atoms with Crippen LogP contribution in [-0.4, -0.2) is 31.2 Å². The number of nitrogens with one attached hydrogen (secondary N) is 2. The second-order valence-electron chi connectivity index (χ2n) is 4.97. The molecule has 2 fully saturated rings. The highest BCUT2D eigenvalue weighted by atomic mass is 19.2. The third kappa shape index (κ3) is 1.87.